The van der Waals surface area contributed by atoms with Gasteiger partial charge in [0.25, 0.3) is 0 Å². The van der Waals surface area contributed by atoms with Gasteiger partial charge < -0.3 is 21.5 Å². The van der Waals surface area contributed by atoms with Crippen LogP contribution in [0, 0.1) is 0 Å². The number of halogens is 4. The third kappa shape index (κ3) is 9.63. The molecule has 0 aromatic carbocycles. The van der Waals surface area contributed by atoms with Crippen LogP contribution >= 0.6 is 0 Å². The van der Waals surface area contributed by atoms with E-state index in [0.717, 1.165) is 0 Å². The minimum absolute atomic E-state index is 0. The Bertz CT molecular complexity index is 176. The van der Waals surface area contributed by atoms with Crippen LogP contribution in [0.4, 0.5) is 13.2 Å². The molecule has 0 saturated carbocycles. The molecule has 0 spiro atoms. The standard InChI is InChI=1S/CHF3O3S.BrH.2Mg/c2-1(3,4)8(5,6)7;;;/h(H,5,6,7);1H;;/q;;2*+2/p-2. The number of hydrogen-bond acceptors (Lipinski definition) is 3. The Balaban J connectivity index is -0.0000000817. The van der Waals surface area contributed by atoms with Crippen LogP contribution in [0.2, 0.25) is 0 Å². The van der Waals surface area contributed by atoms with Gasteiger partial charge in [0, 0.05) is 0 Å². The molecule has 58 valence electrons. The maximum Gasteiger partial charge on any atom is 2.00 e. The molecule has 0 amide bonds. The molecule has 0 unspecified atom stereocenters. The fourth-order valence-corrected chi connectivity index (χ4v) is 0. The Morgan fingerprint density at radius 1 is 1.09 bits per heavy atom. The van der Waals surface area contributed by atoms with Crippen molar-refractivity contribution in [1.82, 2.24) is 0 Å². The van der Waals surface area contributed by atoms with Gasteiger partial charge in [-0.1, -0.05) is 0 Å². The first-order chi connectivity index (χ1) is 3.25. The molecule has 0 fully saturated rings. The summed E-state index contributed by atoms with van der Waals surface area (Å²) in [6, 6.07) is 0. The van der Waals surface area contributed by atoms with E-state index in [1.807, 2.05) is 0 Å². The fourth-order valence-electron chi connectivity index (χ4n) is 0. The van der Waals surface area contributed by atoms with Gasteiger partial charge in [-0.05, 0) is 0 Å². The third-order valence-electron chi connectivity index (χ3n) is 0.283. The van der Waals surface area contributed by atoms with Crippen molar-refractivity contribution in [2.75, 3.05) is 0 Å². The van der Waals surface area contributed by atoms with Crippen molar-refractivity contribution in [3.8, 4) is 0 Å². The summed E-state index contributed by atoms with van der Waals surface area (Å²) < 4.78 is 58.9. The smallest absolute Gasteiger partial charge is 1.00 e. The minimum atomic E-state index is -6.09. The molecular weight excluding hydrogens is 278 g/mol. The van der Waals surface area contributed by atoms with Gasteiger partial charge >= 0.3 is 51.6 Å². The summed E-state index contributed by atoms with van der Waals surface area (Å²) in [6.45, 7) is 0. The van der Waals surface area contributed by atoms with Gasteiger partial charge in [0.15, 0.2) is 10.1 Å². The molecule has 10 heteroatoms. The van der Waals surface area contributed by atoms with Crippen molar-refractivity contribution in [3.63, 3.8) is 0 Å². The Kier molecular flexibility index (Phi) is 14.9. The first-order valence-electron chi connectivity index (χ1n) is 1.27. The number of alkyl halides is 3. The Hall–Kier alpha value is 1.71. The topological polar surface area (TPSA) is 57.2 Å². The number of hydrogen-bond donors (Lipinski definition) is 0. The maximum atomic E-state index is 10.7. The van der Waals surface area contributed by atoms with Crippen LogP contribution in [0.15, 0.2) is 0 Å². The van der Waals surface area contributed by atoms with Gasteiger partial charge in [-0.2, -0.15) is 13.2 Å². The molecule has 0 atom stereocenters. The molecule has 0 aromatic heterocycles. The molecule has 0 aliphatic carbocycles. The van der Waals surface area contributed by atoms with E-state index in [-0.39, 0.29) is 63.1 Å². The second-order valence-electron chi connectivity index (χ2n) is 0.900. The molecule has 0 heterocycles. The van der Waals surface area contributed by atoms with E-state index in [4.69, 9.17) is 13.0 Å². The molecule has 0 saturated heterocycles. The van der Waals surface area contributed by atoms with Gasteiger partial charge in [-0.3, -0.25) is 0 Å². The summed E-state index contributed by atoms with van der Waals surface area (Å²) in [5.41, 5.74) is -5.65. The average Bonchev–Trinajstić information content (AvgIpc) is 1.25. The average molecular weight is 278 g/mol. The van der Waals surface area contributed by atoms with Crippen LogP contribution in [-0.4, -0.2) is 64.6 Å². The summed E-state index contributed by atoms with van der Waals surface area (Å²) in [7, 11) is -6.09. The van der Waals surface area contributed by atoms with Crippen molar-refractivity contribution in [2.24, 2.45) is 0 Å². The molecule has 0 aliphatic heterocycles. The van der Waals surface area contributed by atoms with Gasteiger partial charge in [0.1, 0.15) is 0 Å². The van der Waals surface area contributed by atoms with Crippen LogP contribution in [0.1, 0.15) is 0 Å². The van der Waals surface area contributed by atoms with Gasteiger partial charge in [-0.15, -0.1) is 0 Å². The fraction of sp³-hybridized carbons (Fsp3) is 1.00. The molecule has 0 radical (unpaired) electrons. The van der Waals surface area contributed by atoms with Crippen LogP contribution in [0.3, 0.4) is 0 Å². The van der Waals surface area contributed by atoms with E-state index in [0.29, 0.717) is 0 Å². The zero-order chi connectivity index (χ0) is 7.00. The molecule has 0 aromatic rings. The van der Waals surface area contributed by atoms with E-state index >= 15 is 0 Å². The van der Waals surface area contributed by atoms with E-state index in [2.05, 4.69) is 0 Å². The van der Waals surface area contributed by atoms with Gasteiger partial charge in [-0.25, -0.2) is 8.42 Å². The van der Waals surface area contributed by atoms with Crippen molar-refractivity contribution in [3.05, 3.63) is 0 Å². The van der Waals surface area contributed by atoms with Gasteiger partial charge in [0.2, 0.25) is 0 Å². The summed E-state index contributed by atoms with van der Waals surface area (Å²) in [5, 5.41) is 0. The van der Waals surface area contributed by atoms with Crippen molar-refractivity contribution < 1.29 is 43.1 Å². The summed E-state index contributed by atoms with van der Waals surface area (Å²) in [5.74, 6) is 0. The van der Waals surface area contributed by atoms with E-state index < -0.39 is 15.6 Å². The summed E-state index contributed by atoms with van der Waals surface area (Å²) in [4.78, 5) is 0. The van der Waals surface area contributed by atoms with Crippen molar-refractivity contribution >= 4 is 56.2 Å². The Morgan fingerprint density at radius 3 is 1.18 bits per heavy atom. The van der Waals surface area contributed by atoms with Crippen LogP contribution in [0.5, 0.6) is 0 Å². The SMILES string of the molecule is O=S(=O)([O-])C(F)(F)F.[Br-].[Mg+2].[Mg+2]. The first-order valence-corrected chi connectivity index (χ1v) is 2.68. The second kappa shape index (κ2) is 7.15. The van der Waals surface area contributed by atoms with Crippen LogP contribution in [-0.2, 0) is 10.1 Å². The molecule has 0 N–H and O–H groups in total. The van der Waals surface area contributed by atoms with Crippen molar-refractivity contribution in [1.29, 1.82) is 0 Å². The Morgan fingerprint density at radius 2 is 1.18 bits per heavy atom. The monoisotopic (exact) mass is 276 g/mol. The van der Waals surface area contributed by atoms with Gasteiger partial charge in [0.05, 0.1) is 0 Å². The van der Waals surface area contributed by atoms with Crippen LogP contribution < -0.4 is 17.0 Å². The zero-order valence-electron chi connectivity index (χ0n) is 5.06. The minimum Gasteiger partial charge on any atom is -1.00 e. The second-order valence-corrected chi connectivity index (χ2v) is 2.27. The normalized spacial score (nSPS) is 10.2. The predicted molar refractivity (Wildman–Crippen MR) is 27.3 cm³/mol. The molecule has 0 aliphatic rings. The van der Waals surface area contributed by atoms with Crippen LogP contribution in [0.25, 0.3) is 0 Å². The van der Waals surface area contributed by atoms with E-state index in [9.17, 15) is 13.2 Å². The summed E-state index contributed by atoms with van der Waals surface area (Å²) >= 11 is 0. The molecule has 0 bridgehead atoms. The number of rotatable bonds is 0. The van der Waals surface area contributed by atoms with E-state index in [1.54, 1.807) is 0 Å². The quantitative estimate of drug-likeness (QED) is 0.260. The predicted octanol–water partition coefficient (Wildman–Crippen LogP) is -3.71. The Labute approximate surface area is 104 Å². The maximum absolute atomic E-state index is 10.7. The molecule has 11 heavy (non-hydrogen) atoms. The molecule has 3 nitrogen and oxygen atoms in total. The molecular formula is CBrF3Mg2O3S+2. The zero-order valence-corrected chi connectivity index (χ0v) is 10.3. The van der Waals surface area contributed by atoms with E-state index in [1.165, 1.54) is 0 Å². The third-order valence-corrected chi connectivity index (χ3v) is 0.850. The first kappa shape index (κ1) is 23.0. The molecule has 0 rings (SSSR count). The van der Waals surface area contributed by atoms with Crippen molar-refractivity contribution in [2.45, 2.75) is 5.51 Å². The largest absolute Gasteiger partial charge is 2.00 e. The summed E-state index contributed by atoms with van der Waals surface area (Å²) in [6.07, 6.45) is 0.